The van der Waals surface area contributed by atoms with Crippen LogP contribution in [-0.4, -0.2) is 66.2 Å². The minimum atomic E-state index is -5.06. The Morgan fingerprint density at radius 1 is 1.05 bits per heavy atom. The number of nitrogens with two attached hydrogens (primary N) is 1. The van der Waals surface area contributed by atoms with Gasteiger partial charge in [0.15, 0.2) is 11.5 Å². The Morgan fingerprint density at radius 2 is 1.75 bits per heavy atom. The largest absolute Gasteiger partial charge is 0.435 e. The fourth-order valence-corrected chi connectivity index (χ4v) is 8.56. The van der Waals surface area contributed by atoms with Gasteiger partial charge in [0, 0.05) is 73.0 Å². The Hall–Kier alpha value is -5.47. The van der Waals surface area contributed by atoms with Crippen LogP contribution in [0.2, 0.25) is 0 Å². The van der Waals surface area contributed by atoms with Gasteiger partial charge in [-0.15, -0.1) is 0 Å². The normalized spacial score (nSPS) is 21.4. The zero-order valence-corrected chi connectivity index (χ0v) is 30.9. The molecule has 0 radical (unpaired) electrons. The number of aryl methyl sites for hydroxylation is 1. The van der Waals surface area contributed by atoms with Gasteiger partial charge < -0.3 is 21.1 Å². The molecule has 1 aliphatic heterocycles. The molecule has 1 saturated heterocycles. The molecule has 0 unspecified atom stereocenters. The Labute approximate surface area is 321 Å². The van der Waals surface area contributed by atoms with Crippen LogP contribution in [0.4, 0.5) is 36.6 Å². The highest BCUT2D eigenvalue weighted by molar-refractivity contribution is 6.00. The Kier molecular flexibility index (Phi) is 9.15. The molecule has 3 aliphatic rings. The Bertz CT molecular complexity index is 2470. The Balaban J connectivity index is 1.24. The van der Waals surface area contributed by atoms with E-state index >= 15 is 8.78 Å². The van der Waals surface area contributed by atoms with Crippen molar-refractivity contribution < 1.29 is 40.6 Å². The lowest BCUT2D eigenvalue weighted by Gasteiger charge is -2.32. The molecule has 0 bridgehead atoms. The maximum atomic E-state index is 15.6. The van der Waals surface area contributed by atoms with E-state index in [9.17, 15) is 31.9 Å². The summed E-state index contributed by atoms with van der Waals surface area (Å²) in [5, 5.41) is 22.3. The van der Waals surface area contributed by atoms with E-state index in [0.717, 1.165) is 12.1 Å². The minimum absolute atomic E-state index is 0.0746. The molecular formula is C40H37F7N8O2. The third kappa shape index (κ3) is 6.88. The number of fused-ring (bicyclic) bond motifs is 4. The number of nitrogens with zero attached hydrogens (tertiary/aromatic N) is 6. The average molecular weight is 795 g/mol. The number of aliphatic hydroxyl groups is 1. The number of carbonyl (C=O) groups is 1. The van der Waals surface area contributed by atoms with Crippen LogP contribution in [0.3, 0.4) is 0 Å². The van der Waals surface area contributed by atoms with E-state index in [1.54, 1.807) is 42.1 Å². The standard InChI is InChI=1S/C40H37F7N8O2/c1-20-30-31-35(40(45,46)47)51-55(36(31)39(43,44)32(20)30)19-29(56)50-28(17-21-15-22(41)18-23(42)16-21)33-25(26-5-4-6-27-34(26)54(3)52-37(27)48)8-7-24(49-33)9-10-38(57)11-13-53(2)14-12-38/h4-8,15-16,18,20,28,30,32,57H,11-14,17,19H2,1-3H3,(H2,48,52)(H,50,56)/t20-,28+,30-,32-/m1/s1. The van der Waals surface area contributed by atoms with Gasteiger partial charge in [-0.3, -0.25) is 14.2 Å². The molecule has 57 heavy (non-hydrogen) atoms. The highest BCUT2D eigenvalue weighted by Gasteiger charge is 2.72. The molecule has 4 heterocycles. The van der Waals surface area contributed by atoms with E-state index in [4.69, 9.17) is 10.7 Å². The van der Waals surface area contributed by atoms with E-state index in [1.807, 2.05) is 7.05 Å². The maximum absolute atomic E-state index is 15.6. The van der Waals surface area contributed by atoms with Gasteiger partial charge in [0.05, 0.1) is 17.3 Å². The highest BCUT2D eigenvalue weighted by atomic mass is 19.4. The van der Waals surface area contributed by atoms with Crippen LogP contribution in [0.25, 0.3) is 22.0 Å². The number of alkyl halides is 5. The molecule has 1 amide bonds. The number of rotatable bonds is 7. The summed E-state index contributed by atoms with van der Waals surface area (Å²) in [7, 11) is 3.60. The first-order chi connectivity index (χ1) is 26.8. The van der Waals surface area contributed by atoms with Gasteiger partial charge in [-0.25, -0.2) is 13.8 Å². The molecule has 4 atom stereocenters. The predicted molar refractivity (Wildman–Crippen MR) is 194 cm³/mol. The topological polar surface area (TPSA) is 127 Å². The number of nitrogen functional groups attached to an aromatic ring is 1. The van der Waals surface area contributed by atoms with Crippen molar-refractivity contribution in [3.05, 3.63) is 94.1 Å². The molecule has 0 spiro atoms. The summed E-state index contributed by atoms with van der Waals surface area (Å²) in [5.74, 6) is -3.52. The van der Waals surface area contributed by atoms with Crippen molar-refractivity contribution in [3.8, 4) is 23.0 Å². The molecule has 3 aromatic heterocycles. The lowest BCUT2D eigenvalue weighted by atomic mass is 9.92. The van der Waals surface area contributed by atoms with E-state index < -0.39 is 82.5 Å². The summed E-state index contributed by atoms with van der Waals surface area (Å²) >= 11 is 0. The number of para-hydroxylation sites is 1. The van der Waals surface area contributed by atoms with Crippen LogP contribution < -0.4 is 11.1 Å². The van der Waals surface area contributed by atoms with Crippen molar-refractivity contribution in [2.75, 3.05) is 25.9 Å². The van der Waals surface area contributed by atoms with Crippen molar-refractivity contribution in [3.63, 3.8) is 0 Å². The summed E-state index contributed by atoms with van der Waals surface area (Å²) in [6.07, 6.45) is -4.61. The van der Waals surface area contributed by atoms with Crippen LogP contribution in [0.1, 0.15) is 65.6 Å². The van der Waals surface area contributed by atoms with Crippen LogP contribution in [0.5, 0.6) is 0 Å². The summed E-state index contributed by atoms with van der Waals surface area (Å²) < 4.78 is 105. The SMILES string of the molecule is C[C@@H]1[C@@H]2c3c(C(F)(F)F)nn(CC(=O)N[C@@H](Cc4cc(F)cc(F)c4)c4nc(C#CC5(O)CCN(C)CC5)ccc4-c4cccc5c(N)nn(C)c45)c3C(F)(F)[C@H]12. The molecule has 5 aromatic rings. The zero-order valence-electron chi connectivity index (χ0n) is 30.9. The van der Waals surface area contributed by atoms with Gasteiger partial charge in [-0.05, 0) is 61.2 Å². The number of aromatic nitrogens is 5. The van der Waals surface area contributed by atoms with Crippen molar-refractivity contribution in [1.29, 1.82) is 0 Å². The first-order valence-corrected chi connectivity index (χ1v) is 18.3. The number of piperidine rings is 1. The molecule has 2 aliphatic carbocycles. The van der Waals surface area contributed by atoms with E-state index in [-0.39, 0.29) is 29.2 Å². The molecule has 8 rings (SSSR count). The van der Waals surface area contributed by atoms with E-state index in [1.165, 1.54) is 6.92 Å². The third-order valence-corrected chi connectivity index (χ3v) is 11.4. The number of hydrogen-bond acceptors (Lipinski definition) is 7. The lowest BCUT2D eigenvalue weighted by molar-refractivity contribution is -0.142. The third-order valence-electron chi connectivity index (χ3n) is 11.4. The maximum Gasteiger partial charge on any atom is 0.435 e. The lowest BCUT2D eigenvalue weighted by Crippen LogP contribution is -2.41. The van der Waals surface area contributed by atoms with Gasteiger partial charge in [0.1, 0.15) is 35.2 Å². The van der Waals surface area contributed by atoms with E-state index in [0.29, 0.717) is 58.7 Å². The summed E-state index contributed by atoms with van der Waals surface area (Å²) in [4.78, 5) is 20.9. The van der Waals surface area contributed by atoms with Crippen molar-refractivity contribution in [1.82, 2.24) is 34.8 Å². The van der Waals surface area contributed by atoms with Gasteiger partial charge >= 0.3 is 6.18 Å². The number of nitrogens with one attached hydrogen (secondary N) is 1. The molecule has 10 nitrogen and oxygen atoms in total. The smallest absolute Gasteiger partial charge is 0.382 e. The van der Waals surface area contributed by atoms with Crippen LogP contribution in [0.15, 0.2) is 48.5 Å². The summed E-state index contributed by atoms with van der Waals surface area (Å²) in [5.41, 5.74) is 3.73. The van der Waals surface area contributed by atoms with E-state index in [2.05, 4.69) is 32.3 Å². The number of benzene rings is 2. The monoisotopic (exact) mass is 794 g/mol. The molecule has 2 fully saturated rings. The number of likely N-dealkylation sites (tertiary alicyclic amines) is 1. The number of halogens is 7. The molecule has 1 saturated carbocycles. The molecular weight excluding hydrogens is 757 g/mol. The van der Waals surface area contributed by atoms with Crippen molar-refractivity contribution in [2.24, 2.45) is 18.9 Å². The van der Waals surface area contributed by atoms with Crippen LogP contribution in [0, 0.1) is 35.3 Å². The number of amides is 1. The number of anilines is 1. The van der Waals surface area contributed by atoms with Crippen LogP contribution >= 0.6 is 0 Å². The highest BCUT2D eigenvalue weighted by Crippen LogP contribution is 2.71. The first kappa shape index (κ1) is 38.4. The van der Waals surface area contributed by atoms with Crippen molar-refractivity contribution in [2.45, 2.75) is 62.4 Å². The molecule has 17 heteroatoms. The fourth-order valence-electron chi connectivity index (χ4n) is 8.56. The number of pyridine rings is 1. The second-order valence-corrected chi connectivity index (χ2v) is 15.3. The van der Waals surface area contributed by atoms with Gasteiger partial charge in [-0.1, -0.05) is 25.0 Å². The first-order valence-electron chi connectivity index (χ1n) is 18.3. The summed E-state index contributed by atoms with van der Waals surface area (Å²) in [6, 6.07) is 9.98. The quantitative estimate of drug-likeness (QED) is 0.135. The number of hydrogen-bond donors (Lipinski definition) is 3. The molecule has 4 N–H and O–H groups in total. The van der Waals surface area contributed by atoms with Gasteiger partial charge in [0.2, 0.25) is 5.91 Å². The fraction of sp³-hybridized carbons (Fsp3) is 0.400. The molecule has 298 valence electrons. The summed E-state index contributed by atoms with van der Waals surface area (Å²) in [6.45, 7) is 1.64. The average Bonchev–Trinajstić information content (AvgIpc) is 3.37. The van der Waals surface area contributed by atoms with Gasteiger partial charge in [-0.2, -0.15) is 32.1 Å². The Morgan fingerprint density at radius 3 is 2.44 bits per heavy atom. The van der Waals surface area contributed by atoms with Gasteiger partial charge in [0.25, 0.3) is 5.92 Å². The second-order valence-electron chi connectivity index (χ2n) is 15.3. The van der Waals surface area contributed by atoms with Crippen LogP contribution in [-0.2, 0) is 36.9 Å². The predicted octanol–water partition coefficient (Wildman–Crippen LogP) is 6.07. The molecule has 2 aromatic carbocycles. The zero-order chi connectivity index (χ0) is 40.8. The number of carbonyl (C=O) groups excluding carboxylic acids is 1. The minimum Gasteiger partial charge on any atom is -0.382 e. The van der Waals surface area contributed by atoms with Crippen molar-refractivity contribution >= 4 is 22.6 Å². The second kappa shape index (κ2) is 13.6.